The largest absolute Gasteiger partial charge is 0.480 e. The number of amides is 1. The molecular formula is C11H18N2O3. The zero-order valence-electron chi connectivity index (χ0n) is 9.48. The van der Waals surface area contributed by atoms with Gasteiger partial charge >= 0.3 is 5.97 Å². The molecule has 1 aliphatic heterocycles. The highest BCUT2D eigenvalue weighted by Gasteiger charge is 2.48. The van der Waals surface area contributed by atoms with Crippen LogP contribution in [-0.4, -0.2) is 40.0 Å². The van der Waals surface area contributed by atoms with Crippen LogP contribution in [0.25, 0.3) is 0 Å². The van der Waals surface area contributed by atoms with Crippen LogP contribution in [0.5, 0.6) is 0 Å². The second-order valence-electron chi connectivity index (χ2n) is 5.05. The number of carbonyl (C=O) groups is 2. The van der Waals surface area contributed by atoms with Gasteiger partial charge in [-0.1, -0.05) is 0 Å². The highest BCUT2D eigenvalue weighted by molar-refractivity contribution is 5.90. The quantitative estimate of drug-likeness (QED) is 0.719. The molecule has 2 atom stereocenters. The zero-order chi connectivity index (χ0) is 11.9. The van der Waals surface area contributed by atoms with E-state index in [0.717, 1.165) is 19.3 Å². The minimum atomic E-state index is -0.919. The first-order valence-electron chi connectivity index (χ1n) is 5.77. The van der Waals surface area contributed by atoms with E-state index in [1.54, 1.807) is 6.92 Å². The van der Waals surface area contributed by atoms with Crippen LogP contribution in [0.1, 0.15) is 32.6 Å². The van der Waals surface area contributed by atoms with Crippen molar-refractivity contribution >= 4 is 11.9 Å². The highest BCUT2D eigenvalue weighted by atomic mass is 16.4. The van der Waals surface area contributed by atoms with Crippen molar-refractivity contribution in [3.05, 3.63) is 0 Å². The molecule has 5 nitrogen and oxygen atoms in total. The second kappa shape index (κ2) is 3.73. The first-order chi connectivity index (χ1) is 7.44. The predicted octanol–water partition coefficient (Wildman–Crippen LogP) is 0.189. The minimum absolute atomic E-state index is 0.195. The fraction of sp³-hybridized carbons (Fsp3) is 0.818. The summed E-state index contributed by atoms with van der Waals surface area (Å²) in [5, 5.41) is 9.02. The highest BCUT2D eigenvalue weighted by Crippen LogP contribution is 2.39. The number of hydrogen-bond acceptors (Lipinski definition) is 3. The minimum Gasteiger partial charge on any atom is -0.480 e. The van der Waals surface area contributed by atoms with Crippen LogP contribution in [0, 0.1) is 5.92 Å². The first-order valence-corrected chi connectivity index (χ1v) is 5.77. The zero-order valence-corrected chi connectivity index (χ0v) is 9.48. The Morgan fingerprint density at radius 1 is 1.38 bits per heavy atom. The summed E-state index contributed by atoms with van der Waals surface area (Å²) < 4.78 is 0. The van der Waals surface area contributed by atoms with Crippen molar-refractivity contribution in [2.45, 2.75) is 44.2 Å². The molecule has 1 unspecified atom stereocenters. The summed E-state index contributed by atoms with van der Waals surface area (Å²) >= 11 is 0. The third-order valence-corrected chi connectivity index (χ3v) is 3.68. The molecule has 0 bridgehead atoms. The van der Waals surface area contributed by atoms with Crippen molar-refractivity contribution in [3.8, 4) is 0 Å². The normalized spacial score (nSPS) is 28.9. The molecule has 90 valence electrons. The van der Waals surface area contributed by atoms with Crippen LogP contribution in [0.4, 0.5) is 0 Å². The van der Waals surface area contributed by atoms with Gasteiger partial charge in [-0.05, 0) is 38.5 Å². The fourth-order valence-corrected chi connectivity index (χ4v) is 2.43. The lowest BCUT2D eigenvalue weighted by atomic mass is 9.95. The molecular weight excluding hydrogens is 208 g/mol. The molecule has 2 rings (SSSR count). The van der Waals surface area contributed by atoms with Gasteiger partial charge in [-0.15, -0.1) is 0 Å². The molecule has 1 aliphatic carbocycles. The van der Waals surface area contributed by atoms with Gasteiger partial charge in [-0.3, -0.25) is 4.79 Å². The van der Waals surface area contributed by atoms with Gasteiger partial charge in [0.1, 0.15) is 6.04 Å². The van der Waals surface area contributed by atoms with Gasteiger partial charge in [0, 0.05) is 6.54 Å². The van der Waals surface area contributed by atoms with E-state index in [4.69, 9.17) is 10.8 Å². The lowest BCUT2D eigenvalue weighted by Gasteiger charge is -2.31. The summed E-state index contributed by atoms with van der Waals surface area (Å²) in [4.78, 5) is 24.6. The maximum absolute atomic E-state index is 12.2. The third kappa shape index (κ3) is 1.80. The van der Waals surface area contributed by atoms with Crippen molar-refractivity contribution in [2.24, 2.45) is 11.7 Å². The number of carbonyl (C=O) groups excluding carboxylic acids is 1. The van der Waals surface area contributed by atoms with Gasteiger partial charge in [-0.2, -0.15) is 0 Å². The van der Waals surface area contributed by atoms with E-state index >= 15 is 0 Å². The molecule has 0 aromatic heterocycles. The molecule has 1 amide bonds. The Balaban J connectivity index is 2.11. The summed E-state index contributed by atoms with van der Waals surface area (Å²) in [5.41, 5.74) is 5.15. The Morgan fingerprint density at radius 2 is 2.00 bits per heavy atom. The molecule has 1 heterocycles. The van der Waals surface area contributed by atoms with Gasteiger partial charge in [0.15, 0.2) is 0 Å². The van der Waals surface area contributed by atoms with Crippen molar-refractivity contribution in [1.82, 2.24) is 4.90 Å². The molecule has 0 spiro atoms. The fourth-order valence-electron chi connectivity index (χ4n) is 2.43. The van der Waals surface area contributed by atoms with Gasteiger partial charge in [0.05, 0.1) is 5.54 Å². The summed E-state index contributed by atoms with van der Waals surface area (Å²) in [6.07, 6.45) is 3.25. The first kappa shape index (κ1) is 11.4. The average Bonchev–Trinajstić information content (AvgIpc) is 2.95. The lowest BCUT2D eigenvalue weighted by Crippen LogP contribution is -2.57. The van der Waals surface area contributed by atoms with Crippen molar-refractivity contribution < 1.29 is 14.7 Å². The number of carboxylic acids is 1. The maximum Gasteiger partial charge on any atom is 0.326 e. The van der Waals surface area contributed by atoms with E-state index in [0.29, 0.717) is 13.0 Å². The molecule has 2 aliphatic rings. The van der Waals surface area contributed by atoms with Crippen LogP contribution >= 0.6 is 0 Å². The third-order valence-electron chi connectivity index (χ3n) is 3.68. The van der Waals surface area contributed by atoms with Gasteiger partial charge in [0.2, 0.25) is 5.91 Å². The Labute approximate surface area is 94.6 Å². The standard InChI is InChI=1S/C11H18N2O3/c1-11(12,7-4-5-7)10(16)13-6-2-3-8(13)9(14)15/h7-8H,2-6,12H2,1H3,(H,14,15)/t8-,11?/m0/s1. The predicted molar refractivity (Wildman–Crippen MR) is 57.7 cm³/mol. The number of likely N-dealkylation sites (tertiary alicyclic amines) is 1. The Morgan fingerprint density at radius 3 is 2.50 bits per heavy atom. The molecule has 5 heteroatoms. The molecule has 3 N–H and O–H groups in total. The van der Waals surface area contributed by atoms with Crippen LogP contribution in [0.15, 0.2) is 0 Å². The molecule has 0 aromatic carbocycles. The van der Waals surface area contributed by atoms with E-state index in [1.807, 2.05) is 0 Å². The molecule has 2 fully saturated rings. The van der Waals surface area contributed by atoms with Gasteiger partial charge in [0.25, 0.3) is 0 Å². The van der Waals surface area contributed by atoms with E-state index in [9.17, 15) is 9.59 Å². The number of carboxylic acid groups (broad SMARTS) is 1. The Bertz CT molecular complexity index is 323. The van der Waals surface area contributed by atoms with E-state index < -0.39 is 17.6 Å². The van der Waals surface area contributed by atoms with Crippen LogP contribution in [0.3, 0.4) is 0 Å². The second-order valence-corrected chi connectivity index (χ2v) is 5.05. The molecule has 1 saturated carbocycles. The topological polar surface area (TPSA) is 83.6 Å². The summed E-state index contributed by atoms with van der Waals surface area (Å²) in [6.45, 7) is 2.25. The van der Waals surface area contributed by atoms with E-state index in [1.165, 1.54) is 4.90 Å². The van der Waals surface area contributed by atoms with E-state index in [-0.39, 0.29) is 11.8 Å². The lowest BCUT2D eigenvalue weighted by molar-refractivity contribution is -0.150. The average molecular weight is 226 g/mol. The van der Waals surface area contributed by atoms with Gasteiger partial charge < -0.3 is 15.7 Å². The Hall–Kier alpha value is -1.10. The van der Waals surface area contributed by atoms with Crippen LogP contribution < -0.4 is 5.73 Å². The summed E-state index contributed by atoms with van der Waals surface area (Å²) in [7, 11) is 0. The monoisotopic (exact) mass is 226 g/mol. The van der Waals surface area contributed by atoms with Crippen molar-refractivity contribution in [1.29, 1.82) is 0 Å². The summed E-state index contributed by atoms with van der Waals surface area (Å²) in [5.74, 6) is -0.882. The Kier molecular flexibility index (Phi) is 2.66. The number of hydrogen-bond donors (Lipinski definition) is 2. The molecule has 0 aromatic rings. The number of rotatable bonds is 3. The van der Waals surface area contributed by atoms with Gasteiger partial charge in [-0.25, -0.2) is 4.79 Å². The van der Waals surface area contributed by atoms with Crippen LogP contribution in [0.2, 0.25) is 0 Å². The molecule has 1 saturated heterocycles. The van der Waals surface area contributed by atoms with Crippen LogP contribution in [-0.2, 0) is 9.59 Å². The number of nitrogens with zero attached hydrogens (tertiary/aromatic N) is 1. The summed E-state index contributed by atoms with van der Waals surface area (Å²) in [6, 6.07) is -0.672. The van der Waals surface area contributed by atoms with E-state index in [2.05, 4.69) is 0 Å². The molecule has 16 heavy (non-hydrogen) atoms. The number of nitrogens with two attached hydrogens (primary N) is 1. The number of aliphatic carboxylic acids is 1. The SMILES string of the molecule is CC(N)(C(=O)N1CCC[C@H]1C(=O)O)C1CC1. The maximum atomic E-state index is 12.2. The molecule has 0 radical (unpaired) electrons. The smallest absolute Gasteiger partial charge is 0.326 e. The van der Waals surface area contributed by atoms with Crippen molar-refractivity contribution in [2.75, 3.05) is 6.54 Å². The van der Waals surface area contributed by atoms with Crippen molar-refractivity contribution in [3.63, 3.8) is 0 Å².